The molecule has 3 rings (SSSR count). The number of anilines is 1. The van der Waals surface area contributed by atoms with E-state index in [4.69, 9.17) is 4.74 Å². The third-order valence-corrected chi connectivity index (χ3v) is 4.37. The van der Waals surface area contributed by atoms with E-state index in [1.165, 1.54) is 0 Å². The molecule has 0 bridgehead atoms. The molecular formula is C15H17N3O2S. The maximum Gasteiger partial charge on any atom is 0.346 e. The average Bonchev–Trinajstić information content (AvgIpc) is 2.89. The fourth-order valence-corrected chi connectivity index (χ4v) is 3.33. The normalized spacial score (nSPS) is 15.1. The topological polar surface area (TPSA) is 58.2 Å². The first-order valence-corrected chi connectivity index (χ1v) is 7.90. The number of ether oxygens (including phenoxy) is 1. The van der Waals surface area contributed by atoms with E-state index in [0.29, 0.717) is 11.5 Å². The maximum atomic E-state index is 11.9. The standard InChI is InChI=1S/C15H17N3O2S/c1-3-20-15(19)12-9-18(6-7-21-12)11-4-5-16-14-13(11)10(2)8-17-14/h4-5,8-9H,3,6-7H2,1-2H3,(H,16,17). The Bertz CT molecular complexity index is 708. The highest BCUT2D eigenvalue weighted by Crippen LogP contribution is 2.32. The van der Waals surface area contributed by atoms with Crippen LogP contribution < -0.4 is 4.90 Å². The zero-order valence-electron chi connectivity index (χ0n) is 12.0. The van der Waals surface area contributed by atoms with Crippen molar-refractivity contribution in [1.29, 1.82) is 0 Å². The van der Waals surface area contributed by atoms with Crippen LogP contribution >= 0.6 is 11.8 Å². The minimum Gasteiger partial charge on any atom is -0.462 e. The summed E-state index contributed by atoms with van der Waals surface area (Å²) in [6.07, 6.45) is 5.62. The van der Waals surface area contributed by atoms with E-state index >= 15 is 0 Å². The molecule has 1 aliphatic rings. The summed E-state index contributed by atoms with van der Waals surface area (Å²) < 4.78 is 5.09. The van der Waals surface area contributed by atoms with E-state index in [0.717, 1.165) is 34.6 Å². The summed E-state index contributed by atoms with van der Waals surface area (Å²) >= 11 is 1.54. The third-order valence-electron chi connectivity index (χ3n) is 3.40. The number of aromatic amines is 1. The summed E-state index contributed by atoms with van der Waals surface area (Å²) in [5.74, 6) is 0.612. The van der Waals surface area contributed by atoms with Gasteiger partial charge in [0.15, 0.2) is 0 Å². The second kappa shape index (κ2) is 5.81. The smallest absolute Gasteiger partial charge is 0.346 e. The van der Waals surface area contributed by atoms with Crippen LogP contribution in [0.5, 0.6) is 0 Å². The fraction of sp³-hybridized carbons (Fsp3) is 0.333. The molecule has 0 atom stereocenters. The van der Waals surface area contributed by atoms with E-state index in [2.05, 4.69) is 21.8 Å². The van der Waals surface area contributed by atoms with Crippen LogP contribution in [0.3, 0.4) is 0 Å². The molecule has 2 aromatic heterocycles. The van der Waals surface area contributed by atoms with Gasteiger partial charge in [0, 0.05) is 36.3 Å². The maximum absolute atomic E-state index is 11.9. The van der Waals surface area contributed by atoms with Crippen molar-refractivity contribution in [3.63, 3.8) is 0 Å². The number of H-pyrrole nitrogens is 1. The Labute approximate surface area is 127 Å². The van der Waals surface area contributed by atoms with Gasteiger partial charge in [0.1, 0.15) is 10.6 Å². The number of carbonyl (C=O) groups excluding carboxylic acids is 1. The Hall–Kier alpha value is -1.95. The lowest BCUT2D eigenvalue weighted by Gasteiger charge is -2.26. The number of thioether (sulfide) groups is 1. The Morgan fingerprint density at radius 1 is 1.57 bits per heavy atom. The number of fused-ring (bicyclic) bond motifs is 1. The average molecular weight is 303 g/mol. The molecule has 6 heteroatoms. The number of aryl methyl sites for hydroxylation is 1. The highest BCUT2D eigenvalue weighted by Gasteiger charge is 2.21. The van der Waals surface area contributed by atoms with Crippen molar-refractivity contribution in [1.82, 2.24) is 9.97 Å². The van der Waals surface area contributed by atoms with Crippen molar-refractivity contribution in [3.8, 4) is 0 Å². The van der Waals surface area contributed by atoms with Crippen LogP contribution in [0.2, 0.25) is 0 Å². The molecular weight excluding hydrogens is 286 g/mol. The van der Waals surface area contributed by atoms with Gasteiger partial charge >= 0.3 is 5.97 Å². The monoisotopic (exact) mass is 303 g/mol. The first-order valence-electron chi connectivity index (χ1n) is 6.91. The highest BCUT2D eigenvalue weighted by molar-refractivity contribution is 8.04. The van der Waals surface area contributed by atoms with Gasteiger partial charge in [-0.2, -0.15) is 0 Å². The van der Waals surface area contributed by atoms with E-state index in [1.54, 1.807) is 18.0 Å². The highest BCUT2D eigenvalue weighted by atomic mass is 32.2. The van der Waals surface area contributed by atoms with Gasteiger partial charge in [0.25, 0.3) is 0 Å². The van der Waals surface area contributed by atoms with Gasteiger partial charge in [-0.25, -0.2) is 9.78 Å². The molecule has 1 N–H and O–H groups in total. The number of pyridine rings is 1. The van der Waals surface area contributed by atoms with Crippen molar-refractivity contribution in [2.45, 2.75) is 13.8 Å². The number of hydrogen-bond donors (Lipinski definition) is 1. The lowest BCUT2D eigenvalue weighted by atomic mass is 10.2. The minimum absolute atomic E-state index is 0.247. The summed E-state index contributed by atoms with van der Waals surface area (Å²) in [4.78, 5) is 22.2. The lowest BCUT2D eigenvalue weighted by molar-refractivity contribution is -0.137. The predicted molar refractivity (Wildman–Crippen MR) is 85.4 cm³/mol. The SMILES string of the molecule is CCOC(=O)C1=CN(c2ccnc3[nH]cc(C)c23)CCS1. The second-order valence-corrected chi connectivity index (χ2v) is 5.92. The van der Waals surface area contributed by atoms with Crippen LogP contribution in [0.15, 0.2) is 29.6 Å². The molecule has 0 radical (unpaired) electrons. The quantitative estimate of drug-likeness (QED) is 0.884. The number of nitrogens with one attached hydrogen (secondary N) is 1. The summed E-state index contributed by atoms with van der Waals surface area (Å²) in [5.41, 5.74) is 3.09. The Morgan fingerprint density at radius 2 is 2.43 bits per heavy atom. The summed E-state index contributed by atoms with van der Waals surface area (Å²) in [6, 6.07) is 1.98. The van der Waals surface area contributed by atoms with Crippen LogP contribution in [-0.2, 0) is 9.53 Å². The molecule has 0 aromatic carbocycles. The molecule has 0 saturated heterocycles. The summed E-state index contributed by atoms with van der Waals surface area (Å²) in [7, 11) is 0. The summed E-state index contributed by atoms with van der Waals surface area (Å²) in [5, 5.41) is 1.10. The number of aromatic nitrogens is 2. The van der Waals surface area contributed by atoms with E-state index < -0.39 is 0 Å². The van der Waals surface area contributed by atoms with Crippen LogP contribution in [0.25, 0.3) is 11.0 Å². The first kappa shape index (κ1) is 14.0. The van der Waals surface area contributed by atoms with Crippen LogP contribution in [0, 0.1) is 6.92 Å². The van der Waals surface area contributed by atoms with Crippen molar-refractivity contribution in [2.75, 3.05) is 23.8 Å². The summed E-state index contributed by atoms with van der Waals surface area (Å²) in [6.45, 7) is 5.13. The largest absolute Gasteiger partial charge is 0.462 e. The van der Waals surface area contributed by atoms with Crippen LogP contribution in [0.4, 0.5) is 5.69 Å². The van der Waals surface area contributed by atoms with Gasteiger partial charge in [0.05, 0.1) is 12.3 Å². The second-order valence-electron chi connectivity index (χ2n) is 4.78. The molecule has 1 aliphatic heterocycles. The molecule has 0 unspecified atom stereocenters. The number of esters is 1. The molecule has 2 aromatic rings. The molecule has 3 heterocycles. The zero-order chi connectivity index (χ0) is 14.8. The van der Waals surface area contributed by atoms with Gasteiger partial charge in [-0.05, 0) is 25.5 Å². The van der Waals surface area contributed by atoms with Gasteiger partial charge < -0.3 is 14.6 Å². The van der Waals surface area contributed by atoms with Gasteiger partial charge in [-0.1, -0.05) is 0 Å². The molecule has 21 heavy (non-hydrogen) atoms. The number of nitrogens with zero attached hydrogens (tertiary/aromatic N) is 2. The molecule has 5 nitrogen and oxygen atoms in total. The Morgan fingerprint density at radius 3 is 3.24 bits per heavy atom. The zero-order valence-corrected chi connectivity index (χ0v) is 12.9. The minimum atomic E-state index is -0.247. The molecule has 0 spiro atoms. The molecule has 0 aliphatic carbocycles. The van der Waals surface area contributed by atoms with Crippen molar-refractivity contribution in [2.24, 2.45) is 0 Å². The van der Waals surface area contributed by atoms with E-state index in [9.17, 15) is 4.79 Å². The fourth-order valence-electron chi connectivity index (χ4n) is 2.44. The van der Waals surface area contributed by atoms with Crippen molar-refractivity contribution in [3.05, 3.63) is 35.1 Å². The molecule has 110 valence electrons. The van der Waals surface area contributed by atoms with E-state index in [-0.39, 0.29) is 5.97 Å². The van der Waals surface area contributed by atoms with Crippen molar-refractivity contribution < 1.29 is 9.53 Å². The van der Waals surface area contributed by atoms with Crippen molar-refractivity contribution >= 4 is 34.5 Å². The molecule has 0 amide bonds. The van der Waals surface area contributed by atoms with Crippen LogP contribution in [-0.4, -0.2) is 34.8 Å². The predicted octanol–water partition coefficient (Wildman–Crippen LogP) is 2.83. The van der Waals surface area contributed by atoms with Gasteiger partial charge in [-0.15, -0.1) is 11.8 Å². The Balaban J connectivity index is 2.00. The van der Waals surface area contributed by atoms with Gasteiger partial charge in [-0.3, -0.25) is 0 Å². The van der Waals surface area contributed by atoms with Gasteiger partial charge in [0.2, 0.25) is 0 Å². The lowest BCUT2D eigenvalue weighted by Crippen LogP contribution is -2.25. The molecule has 0 saturated carbocycles. The third kappa shape index (κ3) is 2.63. The number of carbonyl (C=O) groups is 1. The number of hydrogen-bond acceptors (Lipinski definition) is 5. The first-order chi connectivity index (χ1) is 10.2. The number of rotatable bonds is 3. The van der Waals surface area contributed by atoms with Crippen LogP contribution in [0.1, 0.15) is 12.5 Å². The Kier molecular flexibility index (Phi) is 3.88. The van der Waals surface area contributed by atoms with E-state index in [1.807, 2.05) is 25.4 Å². The molecule has 0 fully saturated rings.